The fraction of sp³-hybridized carbons (Fsp3) is 0.429. The Morgan fingerprint density at radius 3 is 2.70 bits per heavy atom. The molecule has 0 bridgehead atoms. The van der Waals surface area contributed by atoms with E-state index >= 15 is 0 Å². The van der Waals surface area contributed by atoms with Crippen LogP contribution in [0, 0.1) is 0 Å². The standard InChI is InChI=1S/C14H17N3O3/c1-20-14(19)17-6-4-16(5-7-17)11-2-3-12-10(8-11)9-13(18)15-12/h2-3,8H,4-7,9H2,1H3,(H,15,18). The van der Waals surface area contributed by atoms with Gasteiger partial charge in [-0.15, -0.1) is 0 Å². The fourth-order valence-electron chi connectivity index (χ4n) is 2.69. The van der Waals surface area contributed by atoms with Gasteiger partial charge in [0.2, 0.25) is 5.91 Å². The van der Waals surface area contributed by atoms with Crippen LogP contribution >= 0.6 is 0 Å². The molecule has 2 aliphatic rings. The van der Waals surface area contributed by atoms with Gasteiger partial charge in [-0.2, -0.15) is 0 Å². The van der Waals surface area contributed by atoms with Crippen molar-refractivity contribution in [2.75, 3.05) is 43.5 Å². The van der Waals surface area contributed by atoms with Crippen molar-refractivity contribution in [1.29, 1.82) is 0 Å². The Morgan fingerprint density at radius 1 is 1.25 bits per heavy atom. The van der Waals surface area contributed by atoms with Crippen molar-refractivity contribution < 1.29 is 14.3 Å². The SMILES string of the molecule is COC(=O)N1CCN(c2ccc3c(c2)CC(=O)N3)CC1. The number of anilines is 2. The molecule has 20 heavy (non-hydrogen) atoms. The minimum Gasteiger partial charge on any atom is -0.453 e. The van der Waals surface area contributed by atoms with Gasteiger partial charge in [0.15, 0.2) is 0 Å². The zero-order chi connectivity index (χ0) is 14.1. The second-order valence-corrected chi connectivity index (χ2v) is 5.01. The van der Waals surface area contributed by atoms with Crippen molar-refractivity contribution in [1.82, 2.24) is 4.90 Å². The quantitative estimate of drug-likeness (QED) is 0.833. The predicted molar refractivity (Wildman–Crippen MR) is 75.0 cm³/mol. The lowest BCUT2D eigenvalue weighted by atomic mass is 10.1. The van der Waals surface area contributed by atoms with E-state index in [9.17, 15) is 9.59 Å². The van der Waals surface area contributed by atoms with E-state index in [2.05, 4.69) is 16.3 Å². The number of methoxy groups -OCH3 is 1. The molecule has 1 fully saturated rings. The summed E-state index contributed by atoms with van der Waals surface area (Å²) < 4.78 is 4.73. The number of amides is 2. The number of hydrogen-bond acceptors (Lipinski definition) is 4. The van der Waals surface area contributed by atoms with Gasteiger partial charge < -0.3 is 19.9 Å². The molecule has 6 heteroatoms. The van der Waals surface area contributed by atoms with Crippen molar-refractivity contribution in [3.05, 3.63) is 23.8 Å². The summed E-state index contributed by atoms with van der Waals surface area (Å²) in [6, 6.07) is 6.02. The van der Waals surface area contributed by atoms with Crippen LogP contribution in [0.2, 0.25) is 0 Å². The van der Waals surface area contributed by atoms with E-state index in [1.165, 1.54) is 7.11 Å². The van der Waals surface area contributed by atoms with Crippen LogP contribution in [0.4, 0.5) is 16.2 Å². The molecule has 2 amide bonds. The Morgan fingerprint density at radius 2 is 2.00 bits per heavy atom. The van der Waals surface area contributed by atoms with E-state index < -0.39 is 0 Å². The summed E-state index contributed by atoms with van der Waals surface area (Å²) in [5.74, 6) is 0.0488. The molecule has 0 saturated carbocycles. The third kappa shape index (κ3) is 2.29. The lowest BCUT2D eigenvalue weighted by molar-refractivity contribution is -0.115. The first-order chi connectivity index (χ1) is 9.67. The van der Waals surface area contributed by atoms with Crippen LogP contribution in [0.15, 0.2) is 18.2 Å². The lowest BCUT2D eigenvalue weighted by Gasteiger charge is -2.35. The molecule has 1 aromatic carbocycles. The summed E-state index contributed by atoms with van der Waals surface area (Å²) in [7, 11) is 1.40. The van der Waals surface area contributed by atoms with Gasteiger partial charge in [0.05, 0.1) is 13.5 Å². The molecule has 3 rings (SSSR count). The molecule has 106 valence electrons. The maximum Gasteiger partial charge on any atom is 0.409 e. The third-order valence-corrected chi connectivity index (χ3v) is 3.79. The average Bonchev–Trinajstić information content (AvgIpc) is 2.85. The summed E-state index contributed by atoms with van der Waals surface area (Å²) in [5, 5.41) is 2.83. The van der Waals surface area contributed by atoms with Gasteiger partial charge in [0.1, 0.15) is 0 Å². The predicted octanol–water partition coefficient (Wildman–Crippen LogP) is 1.07. The van der Waals surface area contributed by atoms with Crippen LogP contribution in [-0.2, 0) is 16.0 Å². The molecule has 2 aliphatic heterocycles. The van der Waals surface area contributed by atoms with Crippen molar-refractivity contribution >= 4 is 23.4 Å². The summed E-state index contributed by atoms with van der Waals surface area (Å²) in [6.07, 6.45) is 0.180. The van der Waals surface area contributed by atoms with Crippen LogP contribution in [0.25, 0.3) is 0 Å². The molecule has 0 spiro atoms. The number of carbonyl (C=O) groups is 2. The minimum atomic E-state index is -0.270. The van der Waals surface area contributed by atoms with Gasteiger partial charge in [-0.3, -0.25) is 4.79 Å². The number of nitrogens with zero attached hydrogens (tertiary/aromatic N) is 2. The number of nitrogens with one attached hydrogen (secondary N) is 1. The molecule has 2 heterocycles. The molecule has 0 aliphatic carbocycles. The van der Waals surface area contributed by atoms with Crippen molar-refractivity contribution in [3.63, 3.8) is 0 Å². The van der Waals surface area contributed by atoms with Crippen LogP contribution < -0.4 is 10.2 Å². The number of fused-ring (bicyclic) bond motifs is 1. The molecule has 0 aromatic heterocycles. The zero-order valence-corrected chi connectivity index (χ0v) is 11.4. The van der Waals surface area contributed by atoms with Gasteiger partial charge in [-0.05, 0) is 23.8 Å². The molecule has 1 aromatic rings. The molecule has 1 N–H and O–H groups in total. The van der Waals surface area contributed by atoms with Crippen LogP contribution in [-0.4, -0.2) is 50.2 Å². The number of piperazine rings is 1. The van der Waals surface area contributed by atoms with E-state index in [-0.39, 0.29) is 12.0 Å². The largest absolute Gasteiger partial charge is 0.453 e. The Bertz CT molecular complexity index is 551. The first kappa shape index (κ1) is 12.8. The minimum absolute atomic E-state index is 0.0488. The molecule has 6 nitrogen and oxygen atoms in total. The molecule has 0 radical (unpaired) electrons. The summed E-state index contributed by atoms with van der Waals surface area (Å²) in [4.78, 5) is 26.7. The Labute approximate surface area is 117 Å². The number of hydrogen-bond donors (Lipinski definition) is 1. The van der Waals surface area contributed by atoms with Gasteiger partial charge in [-0.1, -0.05) is 0 Å². The maximum absolute atomic E-state index is 11.4. The van der Waals surface area contributed by atoms with E-state index in [0.29, 0.717) is 19.5 Å². The van der Waals surface area contributed by atoms with Gasteiger partial charge >= 0.3 is 6.09 Å². The first-order valence-corrected chi connectivity index (χ1v) is 6.68. The van der Waals surface area contributed by atoms with Crippen molar-refractivity contribution in [3.8, 4) is 0 Å². The highest BCUT2D eigenvalue weighted by molar-refractivity contribution is 5.99. The van der Waals surface area contributed by atoms with Crippen LogP contribution in [0.1, 0.15) is 5.56 Å². The summed E-state index contributed by atoms with van der Waals surface area (Å²) in [6.45, 7) is 2.85. The second-order valence-electron chi connectivity index (χ2n) is 5.01. The smallest absolute Gasteiger partial charge is 0.409 e. The number of benzene rings is 1. The number of carbonyl (C=O) groups excluding carboxylic acids is 2. The van der Waals surface area contributed by atoms with Gasteiger partial charge in [0, 0.05) is 37.6 Å². The van der Waals surface area contributed by atoms with E-state index in [0.717, 1.165) is 30.0 Å². The fourth-order valence-corrected chi connectivity index (χ4v) is 2.69. The molecule has 0 unspecified atom stereocenters. The monoisotopic (exact) mass is 275 g/mol. The van der Waals surface area contributed by atoms with Crippen LogP contribution in [0.3, 0.4) is 0 Å². The highest BCUT2D eigenvalue weighted by Gasteiger charge is 2.23. The van der Waals surface area contributed by atoms with E-state index in [1.807, 2.05) is 12.1 Å². The highest BCUT2D eigenvalue weighted by atomic mass is 16.5. The van der Waals surface area contributed by atoms with E-state index in [1.54, 1.807) is 4.90 Å². The summed E-state index contributed by atoms with van der Waals surface area (Å²) in [5.41, 5.74) is 3.06. The normalized spacial score (nSPS) is 17.8. The first-order valence-electron chi connectivity index (χ1n) is 6.68. The van der Waals surface area contributed by atoms with E-state index in [4.69, 9.17) is 4.74 Å². The van der Waals surface area contributed by atoms with Crippen molar-refractivity contribution in [2.24, 2.45) is 0 Å². The maximum atomic E-state index is 11.4. The van der Waals surface area contributed by atoms with Gasteiger partial charge in [-0.25, -0.2) is 4.79 Å². The van der Waals surface area contributed by atoms with Gasteiger partial charge in [0.25, 0.3) is 0 Å². The highest BCUT2D eigenvalue weighted by Crippen LogP contribution is 2.28. The topological polar surface area (TPSA) is 61.9 Å². The Hall–Kier alpha value is -2.24. The van der Waals surface area contributed by atoms with Crippen LogP contribution in [0.5, 0.6) is 0 Å². The number of rotatable bonds is 1. The molecule has 0 atom stereocenters. The molecular formula is C14H17N3O3. The average molecular weight is 275 g/mol. The third-order valence-electron chi connectivity index (χ3n) is 3.79. The van der Waals surface area contributed by atoms with Crippen molar-refractivity contribution in [2.45, 2.75) is 6.42 Å². The molecular weight excluding hydrogens is 258 g/mol. The zero-order valence-electron chi connectivity index (χ0n) is 11.4. The summed E-state index contributed by atoms with van der Waals surface area (Å²) >= 11 is 0. The molecule has 1 saturated heterocycles. The Kier molecular flexibility index (Phi) is 3.22. The second kappa shape index (κ2) is 5.03. The Balaban J connectivity index is 1.68. The lowest BCUT2D eigenvalue weighted by Crippen LogP contribution is -2.48. The number of ether oxygens (including phenoxy) is 1.